The Balaban J connectivity index is 0.000000640. The average molecular weight is 171 g/mol. The van der Waals surface area contributed by atoms with Gasteiger partial charge in [-0.1, -0.05) is 13.8 Å². The van der Waals surface area contributed by atoms with Gasteiger partial charge in [-0.2, -0.15) is 35.4 Å². The van der Waals surface area contributed by atoms with Crippen molar-refractivity contribution in [2.45, 2.75) is 13.8 Å². The molecular formula is C8H9Zn-. The SMILES string of the molecule is Cc1[c-]cccc1C.[Zn]. The standard InChI is InChI=1S/C8H9.Zn/c1-7-5-3-4-6-8(7)2;/h3-5H,1-2H3;/q-1;. The monoisotopic (exact) mass is 169 g/mol. The summed E-state index contributed by atoms with van der Waals surface area (Å²) in [6.45, 7) is 4.15. The number of rotatable bonds is 0. The van der Waals surface area contributed by atoms with Crippen LogP contribution in [-0.2, 0) is 19.5 Å². The van der Waals surface area contributed by atoms with Gasteiger partial charge >= 0.3 is 0 Å². The van der Waals surface area contributed by atoms with E-state index in [1.807, 2.05) is 12.1 Å². The van der Waals surface area contributed by atoms with Crippen molar-refractivity contribution in [2.75, 3.05) is 0 Å². The van der Waals surface area contributed by atoms with Crippen molar-refractivity contribution in [3.8, 4) is 0 Å². The second-order valence-electron chi connectivity index (χ2n) is 1.98. The zero-order valence-corrected chi connectivity index (χ0v) is 8.91. The molecule has 1 aromatic rings. The molecule has 0 spiro atoms. The van der Waals surface area contributed by atoms with Crippen LogP contribution in [0.5, 0.6) is 0 Å². The fraction of sp³-hybridized carbons (Fsp3) is 0.250. The molecular weight excluding hydrogens is 161 g/mol. The molecule has 0 aromatic heterocycles. The molecule has 9 heavy (non-hydrogen) atoms. The van der Waals surface area contributed by atoms with Crippen molar-refractivity contribution in [3.63, 3.8) is 0 Å². The smallest absolute Gasteiger partial charge is 0 e. The molecule has 0 aliphatic heterocycles. The van der Waals surface area contributed by atoms with Gasteiger partial charge in [0.1, 0.15) is 0 Å². The van der Waals surface area contributed by atoms with E-state index in [-0.39, 0.29) is 19.5 Å². The van der Waals surface area contributed by atoms with Crippen molar-refractivity contribution in [1.29, 1.82) is 0 Å². The number of hydrogen-bond acceptors (Lipinski definition) is 0. The normalized spacial score (nSPS) is 8.22. The van der Waals surface area contributed by atoms with Gasteiger partial charge in [0.25, 0.3) is 0 Å². The van der Waals surface area contributed by atoms with E-state index in [2.05, 4.69) is 26.0 Å². The summed E-state index contributed by atoms with van der Waals surface area (Å²) in [5, 5.41) is 0. The van der Waals surface area contributed by atoms with Crippen molar-refractivity contribution in [1.82, 2.24) is 0 Å². The first-order valence-corrected chi connectivity index (χ1v) is 2.74. The number of hydrogen-bond donors (Lipinski definition) is 0. The summed E-state index contributed by atoms with van der Waals surface area (Å²) in [6.07, 6.45) is 0. The molecule has 0 nitrogen and oxygen atoms in total. The molecule has 0 unspecified atom stereocenters. The van der Waals surface area contributed by atoms with E-state index < -0.39 is 0 Å². The van der Waals surface area contributed by atoms with E-state index in [4.69, 9.17) is 0 Å². The minimum atomic E-state index is 0. The third kappa shape index (κ3) is 2.28. The van der Waals surface area contributed by atoms with Gasteiger partial charge in [-0.25, -0.2) is 0 Å². The van der Waals surface area contributed by atoms with Crippen molar-refractivity contribution in [2.24, 2.45) is 0 Å². The van der Waals surface area contributed by atoms with E-state index in [1.54, 1.807) is 0 Å². The van der Waals surface area contributed by atoms with E-state index >= 15 is 0 Å². The summed E-state index contributed by atoms with van der Waals surface area (Å²) >= 11 is 0. The zero-order chi connectivity index (χ0) is 5.98. The van der Waals surface area contributed by atoms with Gasteiger partial charge < -0.3 is 0 Å². The second kappa shape index (κ2) is 3.79. The molecule has 1 heteroatoms. The first kappa shape index (κ1) is 8.84. The van der Waals surface area contributed by atoms with Crippen molar-refractivity contribution < 1.29 is 19.5 Å². The molecule has 0 saturated heterocycles. The minimum absolute atomic E-state index is 0. The van der Waals surface area contributed by atoms with Gasteiger partial charge in [-0.05, 0) is 0 Å². The third-order valence-corrected chi connectivity index (χ3v) is 1.33. The Morgan fingerprint density at radius 1 is 1.33 bits per heavy atom. The van der Waals surface area contributed by atoms with Crippen LogP contribution in [0.4, 0.5) is 0 Å². The molecule has 44 valence electrons. The van der Waals surface area contributed by atoms with Crippen LogP contribution in [-0.4, -0.2) is 0 Å². The molecule has 0 aliphatic rings. The van der Waals surface area contributed by atoms with E-state index in [0.29, 0.717) is 0 Å². The molecule has 0 bridgehead atoms. The Hall–Kier alpha value is -0.157. The maximum atomic E-state index is 3.10. The largest absolute Gasteiger partial charge is 0.180 e. The Labute approximate surface area is 69.0 Å². The van der Waals surface area contributed by atoms with Crippen LogP contribution in [0.2, 0.25) is 0 Å². The fourth-order valence-corrected chi connectivity index (χ4v) is 0.604. The Morgan fingerprint density at radius 2 is 2.00 bits per heavy atom. The summed E-state index contributed by atoms with van der Waals surface area (Å²) in [4.78, 5) is 0. The molecule has 0 atom stereocenters. The maximum Gasteiger partial charge on any atom is 0 e. The molecule has 0 saturated carbocycles. The molecule has 0 N–H and O–H groups in total. The Morgan fingerprint density at radius 3 is 2.33 bits per heavy atom. The molecule has 0 amide bonds. The van der Waals surface area contributed by atoms with Crippen LogP contribution in [0.25, 0.3) is 0 Å². The van der Waals surface area contributed by atoms with Crippen LogP contribution in [0.3, 0.4) is 0 Å². The molecule has 1 aromatic carbocycles. The first-order chi connectivity index (χ1) is 3.80. The van der Waals surface area contributed by atoms with Gasteiger partial charge in [-0.15, -0.1) is 0 Å². The van der Waals surface area contributed by atoms with Crippen molar-refractivity contribution >= 4 is 0 Å². The van der Waals surface area contributed by atoms with Crippen LogP contribution < -0.4 is 0 Å². The molecule has 0 aliphatic carbocycles. The Bertz CT molecular complexity index is 161. The van der Waals surface area contributed by atoms with Crippen LogP contribution in [0, 0.1) is 19.9 Å². The molecule has 0 heterocycles. The predicted molar refractivity (Wildman–Crippen MR) is 34.8 cm³/mol. The van der Waals surface area contributed by atoms with Crippen LogP contribution >= 0.6 is 0 Å². The predicted octanol–water partition coefficient (Wildman–Crippen LogP) is 2.10. The van der Waals surface area contributed by atoms with E-state index in [0.717, 1.165) is 0 Å². The second-order valence-corrected chi connectivity index (χ2v) is 1.98. The van der Waals surface area contributed by atoms with Gasteiger partial charge in [-0.3, -0.25) is 0 Å². The third-order valence-electron chi connectivity index (χ3n) is 1.33. The molecule has 1 rings (SSSR count). The molecule has 0 radical (unpaired) electrons. The van der Waals surface area contributed by atoms with Crippen LogP contribution in [0.15, 0.2) is 18.2 Å². The number of benzene rings is 1. The Kier molecular flexibility index (Phi) is 3.73. The minimum Gasteiger partial charge on any atom is -0.180 e. The summed E-state index contributed by atoms with van der Waals surface area (Å²) in [6, 6.07) is 9.12. The van der Waals surface area contributed by atoms with Crippen molar-refractivity contribution in [3.05, 3.63) is 35.4 Å². The molecule has 0 fully saturated rings. The zero-order valence-electron chi connectivity index (χ0n) is 5.94. The fourth-order valence-electron chi connectivity index (χ4n) is 0.604. The first-order valence-electron chi connectivity index (χ1n) is 2.74. The average Bonchev–Trinajstić information content (AvgIpc) is 1.77. The van der Waals surface area contributed by atoms with E-state index in [1.165, 1.54) is 11.1 Å². The summed E-state index contributed by atoms with van der Waals surface area (Å²) < 4.78 is 0. The topological polar surface area (TPSA) is 0 Å². The van der Waals surface area contributed by atoms with Gasteiger partial charge in [0, 0.05) is 19.5 Å². The quantitative estimate of drug-likeness (QED) is 0.413. The van der Waals surface area contributed by atoms with E-state index in [9.17, 15) is 0 Å². The van der Waals surface area contributed by atoms with Gasteiger partial charge in [0.2, 0.25) is 0 Å². The van der Waals surface area contributed by atoms with Crippen LogP contribution in [0.1, 0.15) is 11.1 Å². The summed E-state index contributed by atoms with van der Waals surface area (Å²) in [5.74, 6) is 0. The summed E-state index contributed by atoms with van der Waals surface area (Å²) in [7, 11) is 0. The van der Waals surface area contributed by atoms with Gasteiger partial charge in [0.15, 0.2) is 0 Å². The number of aryl methyl sites for hydroxylation is 2. The maximum absolute atomic E-state index is 3.10. The summed E-state index contributed by atoms with van der Waals surface area (Å²) in [5.41, 5.74) is 2.56. The van der Waals surface area contributed by atoms with Gasteiger partial charge in [0.05, 0.1) is 0 Å².